The fourth-order valence-corrected chi connectivity index (χ4v) is 2.25. The molecule has 0 saturated carbocycles. The highest BCUT2D eigenvalue weighted by molar-refractivity contribution is 7.92. The Hall–Kier alpha value is -0.620. The van der Waals surface area contributed by atoms with Gasteiger partial charge in [-0.25, -0.2) is 8.42 Å². The van der Waals surface area contributed by atoms with Crippen molar-refractivity contribution in [2.45, 2.75) is 19.8 Å². The molecule has 0 unspecified atom stereocenters. The number of ether oxygens (including phenoxy) is 2. The minimum Gasteiger partial charge on any atom is -0.465 e. The molecule has 0 spiro atoms. The highest BCUT2D eigenvalue weighted by Crippen LogP contribution is 1.99. The van der Waals surface area contributed by atoms with Gasteiger partial charge in [-0.1, -0.05) is 0 Å². The van der Waals surface area contributed by atoms with E-state index in [0.717, 1.165) is 0 Å². The van der Waals surface area contributed by atoms with Crippen LogP contribution >= 0.6 is 0 Å². The number of rotatable bonds is 8. The van der Waals surface area contributed by atoms with Crippen molar-refractivity contribution in [3.05, 3.63) is 0 Å². The van der Waals surface area contributed by atoms with E-state index >= 15 is 0 Å². The Kier molecular flexibility index (Phi) is 7.33. The maximum atomic E-state index is 11.3. The molecule has 0 radical (unpaired) electrons. The molecule has 0 atom stereocenters. The van der Waals surface area contributed by atoms with Crippen molar-refractivity contribution in [2.75, 3.05) is 31.8 Å². The highest BCUT2D eigenvalue weighted by Gasteiger charge is 2.16. The van der Waals surface area contributed by atoms with E-state index < -0.39 is 21.6 Å². The van der Waals surface area contributed by atoms with Gasteiger partial charge in [-0.15, -0.1) is 0 Å². The second-order valence-corrected chi connectivity index (χ2v) is 5.28. The molecule has 0 aromatic heterocycles. The molecule has 6 heteroatoms. The third-order valence-corrected chi connectivity index (χ3v) is 3.28. The summed E-state index contributed by atoms with van der Waals surface area (Å²) in [4.78, 5) is 10.9. The molecule has 90 valence electrons. The van der Waals surface area contributed by atoms with Crippen LogP contribution in [0.4, 0.5) is 0 Å². The Bertz CT molecular complexity index is 270. The first kappa shape index (κ1) is 14.4. The van der Waals surface area contributed by atoms with Crippen LogP contribution in [0.3, 0.4) is 0 Å². The summed E-state index contributed by atoms with van der Waals surface area (Å²) in [6.45, 7) is 2.38. The molecule has 0 saturated heterocycles. The van der Waals surface area contributed by atoms with E-state index in [0.29, 0.717) is 19.4 Å². The second-order valence-electron chi connectivity index (χ2n) is 3.10. The summed E-state index contributed by atoms with van der Waals surface area (Å²) in [6, 6.07) is 0. The lowest BCUT2D eigenvalue weighted by Crippen LogP contribution is -2.21. The molecule has 0 aliphatic carbocycles. The predicted octanol–water partition coefficient (Wildman–Crippen LogP) is 0.391. The maximum Gasteiger partial charge on any atom is 0.321 e. The third-order valence-electron chi connectivity index (χ3n) is 1.70. The highest BCUT2D eigenvalue weighted by atomic mass is 32.2. The van der Waals surface area contributed by atoms with Crippen molar-refractivity contribution < 1.29 is 22.7 Å². The van der Waals surface area contributed by atoms with E-state index in [1.165, 1.54) is 0 Å². The molecule has 0 N–H and O–H groups in total. The summed E-state index contributed by atoms with van der Waals surface area (Å²) in [5.74, 6) is -1.19. The number of esters is 1. The zero-order chi connectivity index (χ0) is 11.7. The predicted molar refractivity (Wildman–Crippen MR) is 56.4 cm³/mol. The van der Waals surface area contributed by atoms with Crippen LogP contribution in [0.2, 0.25) is 0 Å². The minimum absolute atomic E-state index is 0.00910. The van der Waals surface area contributed by atoms with Crippen LogP contribution in [-0.2, 0) is 24.1 Å². The topological polar surface area (TPSA) is 69.7 Å². The number of methoxy groups -OCH3 is 1. The monoisotopic (exact) mass is 238 g/mol. The molecule has 0 aliphatic heterocycles. The van der Waals surface area contributed by atoms with E-state index in [4.69, 9.17) is 4.74 Å². The Labute approximate surface area is 90.7 Å². The van der Waals surface area contributed by atoms with Gasteiger partial charge in [0.25, 0.3) is 0 Å². The van der Waals surface area contributed by atoms with Crippen molar-refractivity contribution in [1.82, 2.24) is 0 Å². The molecule has 0 aliphatic rings. The van der Waals surface area contributed by atoms with E-state index in [9.17, 15) is 13.2 Å². The van der Waals surface area contributed by atoms with Crippen LogP contribution < -0.4 is 0 Å². The first-order valence-corrected chi connectivity index (χ1v) is 6.69. The van der Waals surface area contributed by atoms with Gasteiger partial charge in [-0.05, 0) is 19.8 Å². The molecule has 0 aromatic rings. The fourth-order valence-electron chi connectivity index (χ4n) is 1.02. The lowest BCUT2D eigenvalue weighted by molar-refractivity contribution is -0.139. The third kappa shape index (κ3) is 8.38. The second kappa shape index (κ2) is 7.64. The minimum atomic E-state index is -3.31. The molecule has 0 amide bonds. The van der Waals surface area contributed by atoms with Gasteiger partial charge in [-0.3, -0.25) is 4.79 Å². The SMILES string of the molecule is CCOC(=O)CS(=O)(=O)CCCCOC. The van der Waals surface area contributed by atoms with Gasteiger partial charge in [0.05, 0.1) is 12.4 Å². The van der Waals surface area contributed by atoms with Crippen molar-refractivity contribution in [1.29, 1.82) is 0 Å². The van der Waals surface area contributed by atoms with Crippen LogP contribution in [-0.4, -0.2) is 46.2 Å². The zero-order valence-corrected chi connectivity index (χ0v) is 10.0. The van der Waals surface area contributed by atoms with Crippen LogP contribution in [0.5, 0.6) is 0 Å². The van der Waals surface area contributed by atoms with Gasteiger partial charge in [0, 0.05) is 13.7 Å². The van der Waals surface area contributed by atoms with Crippen LogP contribution in [0.15, 0.2) is 0 Å². The number of hydrogen-bond donors (Lipinski definition) is 0. The maximum absolute atomic E-state index is 11.3. The standard InChI is InChI=1S/C9H18O5S/c1-3-14-9(10)8-15(11,12)7-5-4-6-13-2/h3-8H2,1-2H3. The van der Waals surface area contributed by atoms with Crippen molar-refractivity contribution >= 4 is 15.8 Å². The molecule has 0 rings (SSSR count). The number of hydrogen-bond acceptors (Lipinski definition) is 5. The summed E-state index contributed by atoms with van der Waals surface area (Å²) >= 11 is 0. The lowest BCUT2D eigenvalue weighted by atomic mass is 10.4. The number of sulfone groups is 1. The van der Waals surface area contributed by atoms with Gasteiger partial charge in [-0.2, -0.15) is 0 Å². The smallest absolute Gasteiger partial charge is 0.321 e. The van der Waals surface area contributed by atoms with Crippen molar-refractivity contribution in [3.63, 3.8) is 0 Å². The van der Waals surface area contributed by atoms with Crippen LogP contribution in [0, 0.1) is 0 Å². The molecular formula is C9H18O5S. The van der Waals surface area contributed by atoms with E-state index in [-0.39, 0.29) is 12.4 Å². The average molecular weight is 238 g/mol. The Morgan fingerprint density at radius 2 is 1.93 bits per heavy atom. The summed E-state index contributed by atoms with van der Waals surface area (Å²) in [5.41, 5.74) is 0. The lowest BCUT2D eigenvalue weighted by Gasteiger charge is -2.03. The Balaban J connectivity index is 3.82. The molecule has 0 aromatic carbocycles. The molecular weight excluding hydrogens is 220 g/mol. The van der Waals surface area contributed by atoms with Crippen molar-refractivity contribution in [2.24, 2.45) is 0 Å². The van der Waals surface area contributed by atoms with Gasteiger partial charge >= 0.3 is 5.97 Å². The normalized spacial score (nSPS) is 11.3. The molecule has 0 heterocycles. The quantitative estimate of drug-likeness (QED) is 0.452. The fraction of sp³-hybridized carbons (Fsp3) is 0.889. The van der Waals surface area contributed by atoms with Crippen LogP contribution in [0.25, 0.3) is 0 Å². The first-order valence-electron chi connectivity index (χ1n) is 4.87. The van der Waals surface area contributed by atoms with E-state index in [2.05, 4.69) is 4.74 Å². The van der Waals surface area contributed by atoms with E-state index in [1.807, 2.05) is 0 Å². The van der Waals surface area contributed by atoms with Gasteiger partial charge in [0.1, 0.15) is 5.75 Å². The summed E-state index contributed by atoms with van der Waals surface area (Å²) < 4.78 is 32.0. The molecule has 15 heavy (non-hydrogen) atoms. The Morgan fingerprint density at radius 3 is 2.47 bits per heavy atom. The molecule has 5 nitrogen and oxygen atoms in total. The first-order chi connectivity index (χ1) is 7.02. The summed E-state index contributed by atoms with van der Waals surface area (Å²) in [6.07, 6.45) is 1.19. The molecule has 0 bridgehead atoms. The Morgan fingerprint density at radius 1 is 1.27 bits per heavy atom. The van der Waals surface area contributed by atoms with E-state index in [1.54, 1.807) is 14.0 Å². The zero-order valence-electron chi connectivity index (χ0n) is 9.19. The number of unbranched alkanes of at least 4 members (excludes halogenated alkanes) is 1. The van der Waals surface area contributed by atoms with Crippen LogP contribution in [0.1, 0.15) is 19.8 Å². The summed E-state index contributed by atoms with van der Waals surface area (Å²) in [7, 11) is -1.75. The van der Waals surface area contributed by atoms with Crippen molar-refractivity contribution in [3.8, 4) is 0 Å². The largest absolute Gasteiger partial charge is 0.465 e. The van der Waals surface area contributed by atoms with Gasteiger partial charge < -0.3 is 9.47 Å². The summed E-state index contributed by atoms with van der Waals surface area (Å²) in [5, 5.41) is 0. The van der Waals surface area contributed by atoms with Gasteiger partial charge in [0.2, 0.25) is 0 Å². The molecule has 0 fully saturated rings. The number of carbonyl (C=O) groups excluding carboxylic acids is 1. The van der Waals surface area contributed by atoms with Gasteiger partial charge in [0.15, 0.2) is 9.84 Å². The number of carbonyl (C=O) groups is 1. The average Bonchev–Trinajstić information content (AvgIpc) is 2.12.